The van der Waals surface area contributed by atoms with Crippen LogP contribution >= 0.6 is 11.6 Å². The minimum Gasteiger partial charge on any atom is -0.352 e. The van der Waals surface area contributed by atoms with E-state index in [0.717, 1.165) is 49.6 Å². The van der Waals surface area contributed by atoms with Crippen LogP contribution in [0.2, 0.25) is 5.02 Å². The van der Waals surface area contributed by atoms with E-state index in [1.807, 2.05) is 24.3 Å². The number of benzene rings is 2. The molecule has 0 aliphatic heterocycles. The molecular weight excluding hydrogens is 437 g/mol. The molecule has 174 valence electrons. The predicted octanol–water partition coefficient (Wildman–Crippen LogP) is 7.07. The predicted molar refractivity (Wildman–Crippen MR) is 131 cm³/mol. The number of amides is 1. The number of nitrogens with zero attached hydrogens (tertiary/aromatic N) is 2. The molecule has 4 nitrogen and oxygen atoms in total. The standard InChI is InChI=1S/C27H31ClFN3O/c28-20-13-11-19(12-14-20)26-31-23-17-21(29)15-16-24(23)32(26)25(18-7-3-1-4-8-18)27(33)30-22-9-5-2-6-10-22/h11-18,22,25H,1-10H2,(H,30,33)/t25-/m0/s1. The molecule has 3 aromatic rings. The van der Waals surface area contributed by atoms with E-state index in [1.165, 1.54) is 37.8 Å². The average Bonchev–Trinajstić information content (AvgIpc) is 3.19. The number of fused-ring (bicyclic) bond motifs is 1. The van der Waals surface area contributed by atoms with Gasteiger partial charge in [-0.1, -0.05) is 50.1 Å². The van der Waals surface area contributed by atoms with Gasteiger partial charge >= 0.3 is 0 Å². The maximum Gasteiger partial charge on any atom is 0.243 e. The van der Waals surface area contributed by atoms with E-state index >= 15 is 0 Å². The van der Waals surface area contributed by atoms with Crippen LogP contribution in [-0.4, -0.2) is 21.5 Å². The van der Waals surface area contributed by atoms with E-state index in [-0.39, 0.29) is 29.7 Å². The van der Waals surface area contributed by atoms with Crippen molar-refractivity contribution in [2.24, 2.45) is 5.92 Å². The Hall–Kier alpha value is -2.40. The lowest BCUT2D eigenvalue weighted by atomic mass is 9.82. The van der Waals surface area contributed by atoms with Crippen LogP contribution in [0.4, 0.5) is 4.39 Å². The Morgan fingerprint density at radius 3 is 2.33 bits per heavy atom. The smallest absolute Gasteiger partial charge is 0.243 e. The molecule has 6 heteroatoms. The zero-order chi connectivity index (χ0) is 22.8. The minimum absolute atomic E-state index is 0.0765. The summed E-state index contributed by atoms with van der Waals surface area (Å²) in [5.74, 6) is 0.681. The number of aromatic nitrogens is 2. The molecule has 1 aromatic heterocycles. The molecule has 1 heterocycles. The van der Waals surface area contributed by atoms with Gasteiger partial charge in [0.2, 0.25) is 5.91 Å². The third-order valence-electron chi connectivity index (χ3n) is 7.35. The molecule has 2 aromatic carbocycles. The molecule has 0 saturated heterocycles. The zero-order valence-electron chi connectivity index (χ0n) is 18.9. The van der Waals surface area contributed by atoms with Gasteiger partial charge < -0.3 is 9.88 Å². The van der Waals surface area contributed by atoms with Gasteiger partial charge in [0.1, 0.15) is 17.7 Å². The van der Waals surface area contributed by atoms with Gasteiger partial charge in [-0.3, -0.25) is 4.79 Å². The van der Waals surface area contributed by atoms with Crippen LogP contribution in [0, 0.1) is 11.7 Å². The SMILES string of the molecule is O=C(NC1CCCCC1)[C@H](C1CCCCC1)n1c(-c2ccc(Cl)cc2)nc2cc(F)ccc21. The van der Waals surface area contributed by atoms with Gasteiger partial charge in [-0.25, -0.2) is 9.37 Å². The van der Waals surface area contributed by atoms with Gasteiger partial charge in [0.15, 0.2) is 0 Å². The molecule has 0 bridgehead atoms. The molecular formula is C27H31ClFN3O. The van der Waals surface area contributed by atoms with Crippen molar-refractivity contribution >= 4 is 28.5 Å². The summed E-state index contributed by atoms with van der Waals surface area (Å²) in [6, 6.07) is 12.1. The van der Waals surface area contributed by atoms with E-state index in [9.17, 15) is 9.18 Å². The van der Waals surface area contributed by atoms with E-state index in [0.29, 0.717) is 16.4 Å². The Morgan fingerprint density at radius 1 is 0.970 bits per heavy atom. The minimum atomic E-state index is -0.367. The van der Waals surface area contributed by atoms with Crippen molar-refractivity contribution in [3.05, 3.63) is 53.3 Å². The molecule has 1 amide bonds. The molecule has 33 heavy (non-hydrogen) atoms. The van der Waals surface area contributed by atoms with Crippen molar-refractivity contribution in [3.8, 4) is 11.4 Å². The second-order valence-corrected chi connectivity index (χ2v) is 10.1. The van der Waals surface area contributed by atoms with Crippen molar-refractivity contribution in [3.63, 3.8) is 0 Å². The number of hydrogen-bond acceptors (Lipinski definition) is 2. The summed E-state index contributed by atoms with van der Waals surface area (Å²) >= 11 is 6.14. The largest absolute Gasteiger partial charge is 0.352 e. The first-order valence-corrected chi connectivity index (χ1v) is 12.7. The van der Waals surface area contributed by atoms with Crippen LogP contribution in [0.3, 0.4) is 0 Å². The van der Waals surface area contributed by atoms with Gasteiger partial charge in [-0.15, -0.1) is 0 Å². The molecule has 1 N–H and O–H groups in total. The fourth-order valence-electron chi connectivity index (χ4n) is 5.68. The number of imidazole rings is 1. The van der Waals surface area contributed by atoms with Crippen LogP contribution < -0.4 is 5.32 Å². The van der Waals surface area contributed by atoms with Gasteiger partial charge in [0, 0.05) is 22.7 Å². The fourth-order valence-corrected chi connectivity index (χ4v) is 5.81. The first-order valence-electron chi connectivity index (χ1n) is 12.3. The summed E-state index contributed by atoms with van der Waals surface area (Å²) < 4.78 is 16.2. The molecule has 0 radical (unpaired) electrons. The van der Waals surface area contributed by atoms with Crippen molar-refractivity contribution in [1.29, 1.82) is 0 Å². The van der Waals surface area contributed by atoms with Gasteiger partial charge in [0.05, 0.1) is 11.0 Å². The number of rotatable bonds is 5. The van der Waals surface area contributed by atoms with Crippen LogP contribution in [0.1, 0.15) is 70.3 Å². The molecule has 1 atom stereocenters. The molecule has 2 fully saturated rings. The lowest BCUT2D eigenvalue weighted by Crippen LogP contribution is -2.43. The average molecular weight is 468 g/mol. The van der Waals surface area contributed by atoms with Crippen LogP contribution in [0.15, 0.2) is 42.5 Å². The summed E-state index contributed by atoms with van der Waals surface area (Å²) in [5, 5.41) is 4.03. The first-order chi connectivity index (χ1) is 16.1. The van der Waals surface area contributed by atoms with E-state index in [2.05, 4.69) is 9.88 Å². The highest BCUT2D eigenvalue weighted by Gasteiger charge is 2.35. The van der Waals surface area contributed by atoms with E-state index in [4.69, 9.17) is 16.6 Å². The number of nitrogens with one attached hydrogen (secondary N) is 1. The quantitative estimate of drug-likeness (QED) is 0.436. The Kier molecular flexibility index (Phi) is 6.68. The first kappa shape index (κ1) is 22.4. The summed E-state index contributed by atoms with van der Waals surface area (Å²) in [6.45, 7) is 0. The lowest BCUT2D eigenvalue weighted by molar-refractivity contribution is -0.127. The third kappa shape index (κ3) is 4.79. The topological polar surface area (TPSA) is 46.9 Å². The summed E-state index contributed by atoms with van der Waals surface area (Å²) in [7, 11) is 0. The molecule has 2 aliphatic carbocycles. The van der Waals surface area contributed by atoms with Gasteiger partial charge in [-0.2, -0.15) is 0 Å². The highest BCUT2D eigenvalue weighted by molar-refractivity contribution is 6.30. The monoisotopic (exact) mass is 467 g/mol. The highest BCUT2D eigenvalue weighted by atomic mass is 35.5. The fraction of sp³-hybridized carbons (Fsp3) is 0.481. The molecule has 0 spiro atoms. The van der Waals surface area contributed by atoms with Crippen molar-refractivity contribution in [2.45, 2.75) is 76.3 Å². The summed E-state index contributed by atoms with van der Waals surface area (Å²) in [5.41, 5.74) is 2.25. The number of hydrogen-bond donors (Lipinski definition) is 1. The van der Waals surface area contributed by atoms with Crippen molar-refractivity contribution < 1.29 is 9.18 Å². The van der Waals surface area contributed by atoms with Crippen molar-refractivity contribution in [1.82, 2.24) is 14.9 Å². The maximum atomic E-state index is 14.1. The number of carbonyl (C=O) groups excluding carboxylic acids is 1. The Labute approximate surface area is 199 Å². The summed E-state index contributed by atoms with van der Waals surface area (Å²) in [4.78, 5) is 18.7. The number of carbonyl (C=O) groups is 1. The normalized spacial score (nSPS) is 19.0. The zero-order valence-corrected chi connectivity index (χ0v) is 19.7. The Balaban J connectivity index is 1.62. The second kappa shape index (κ2) is 9.84. The molecule has 2 aliphatic rings. The van der Waals surface area contributed by atoms with E-state index in [1.54, 1.807) is 6.07 Å². The Bertz CT molecular complexity index is 1110. The van der Waals surface area contributed by atoms with Crippen LogP contribution in [0.5, 0.6) is 0 Å². The lowest BCUT2D eigenvalue weighted by Gasteiger charge is -2.33. The second-order valence-electron chi connectivity index (χ2n) is 9.63. The molecule has 0 unspecified atom stereocenters. The molecule has 5 rings (SSSR count). The third-order valence-corrected chi connectivity index (χ3v) is 7.60. The maximum absolute atomic E-state index is 14.1. The van der Waals surface area contributed by atoms with Crippen molar-refractivity contribution in [2.75, 3.05) is 0 Å². The molecule has 2 saturated carbocycles. The Morgan fingerprint density at radius 2 is 1.64 bits per heavy atom. The van der Waals surface area contributed by atoms with Gasteiger partial charge in [0.25, 0.3) is 0 Å². The van der Waals surface area contributed by atoms with E-state index < -0.39 is 0 Å². The van der Waals surface area contributed by atoms with Gasteiger partial charge in [-0.05, 0) is 68.0 Å². The van der Waals surface area contributed by atoms with Crippen LogP contribution in [0.25, 0.3) is 22.4 Å². The highest BCUT2D eigenvalue weighted by Crippen LogP contribution is 2.39. The summed E-state index contributed by atoms with van der Waals surface area (Å²) in [6.07, 6.45) is 11.2. The van der Waals surface area contributed by atoms with Crippen LogP contribution in [-0.2, 0) is 4.79 Å². The number of halogens is 2.